The second-order valence-corrected chi connectivity index (χ2v) is 10.6. The zero-order valence-corrected chi connectivity index (χ0v) is 23.0. The van der Waals surface area contributed by atoms with Gasteiger partial charge in [0, 0.05) is 73.3 Å². The van der Waals surface area contributed by atoms with Crippen LogP contribution in [-0.2, 0) is 7.05 Å². The van der Waals surface area contributed by atoms with Gasteiger partial charge in [0.05, 0.1) is 17.7 Å². The molecule has 1 aliphatic heterocycles. The van der Waals surface area contributed by atoms with Crippen LogP contribution in [0.5, 0.6) is 6.01 Å². The van der Waals surface area contributed by atoms with E-state index in [0.29, 0.717) is 40.8 Å². The van der Waals surface area contributed by atoms with Gasteiger partial charge in [0.15, 0.2) is 5.82 Å². The Kier molecular flexibility index (Phi) is 7.62. The maximum atomic E-state index is 14.7. The van der Waals surface area contributed by atoms with E-state index < -0.39 is 11.7 Å². The van der Waals surface area contributed by atoms with Crippen LogP contribution in [0.2, 0.25) is 0 Å². The fraction of sp³-hybridized carbons (Fsp3) is 0.429. The SMILES string of the molecule is C[C@@H]1CN(c2ccc(C(=O)Nc3cc(F)c4nn(C)cc4c3)c3nc(OCCCN(C)C)ncc23)C[C@H](C)N1. The van der Waals surface area contributed by atoms with Crippen molar-refractivity contribution >= 4 is 39.1 Å². The number of aromatic nitrogens is 4. The first kappa shape index (κ1) is 26.8. The summed E-state index contributed by atoms with van der Waals surface area (Å²) in [5.41, 5.74) is 2.41. The Morgan fingerprint density at radius 1 is 1.21 bits per heavy atom. The van der Waals surface area contributed by atoms with Crippen molar-refractivity contribution in [2.24, 2.45) is 7.05 Å². The van der Waals surface area contributed by atoms with Crippen molar-refractivity contribution in [3.63, 3.8) is 0 Å². The molecule has 2 aromatic carbocycles. The summed E-state index contributed by atoms with van der Waals surface area (Å²) in [5.74, 6) is -0.894. The van der Waals surface area contributed by atoms with E-state index in [1.165, 1.54) is 6.07 Å². The lowest BCUT2D eigenvalue weighted by Crippen LogP contribution is -2.54. The molecule has 0 aliphatic carbocycles. The zero-order valence-electron chi connectivity index (χ0n) is 23.0. The monoisotopic (exact) mass is 534 g/mol. The number of halogens is 1. The summed E-state index contributed by atoms with van der Waals surface area (Å²) in [6.45, 7) is 7.28. The molecule has 2 aromatic heterocycles. The summed E-state index contributed by atoms with van der Waals surface area (Å²) in [6.07, 6.45) is 4.26. The van der Waals surface area contributed by atoms with Crippen molar-refractivity contribution in [2.75, 3.05) is 50.6 Å². The molecule has 2 atom stereocenters. The molecule has 1 fully saturated rings. The number of piperazine rings is 1. The number of aryl methyl sites for hydroxylation is 1. The van der Waals surface area contributed by atoms with Gasteiger partial charge >= 0.3 is 6.01 Å². The number of hydrogen-bond donors (Lipinski definition) is 2. The first-order chi connectivity index (χ1) is 18.7. The molecule has 0 saturated carbocycles. The highest BCUT2D eigenvalue weighted by atomic mass is 19.1. The molecule has 2 N–H and O–H groups in total. The number of carbonyl (C=O) groups is 1. The number of carbonyl (C=O) groups excluding carboxylic acids is 1. The van der Waals surface area contributed by atoms with E-state index in [1.54, 1.807) is 36.3 Å². The number of fused-ring (bicyclic) bond motifs is 2. The average molecular weight is 535 g/mol. The maximum absolute atomic E-state index is 14.7. The van der Waals surface area contributed by atoms with E-state index in [4.69, 9.17) is 4.74 Å². The number of benzene rings is 2. The Labute approximate surface area is 227 Å². The van der Waals surface area contributed by atoms with Crippen molar-refractivity contribution in [3.05, 3.63) is 48.0 Å². The third-order valence-electron chi connectivity index (χ3n) is 6.76. The van der Waals surface area contributed by atoms with Crippen LogP contribution >= 0.6 is 0 Å². The average Bonchev–Trinajstić information content (AvgIpc) is 3.25. The number of rotatable bonds is 8. The molecule has 0 radical (unpaired) electrons. The van der Waals surface area contributed by atoms with Gasteiger partial charge in [-0.25, -0.2) is 9.37 Å². The third kappa shape index (κ3) is 5.94. The third-order valence-corrected chi connectivity index (χ3v) is 6.76. The second-order valence-electron chi connectivity index (χ2n) is 10.6. The van der Waals surface area contributed by atoms with Crippen LogP contribution in [-0.4, -0.2) is 83.0 Å². The molecule has 0 unspecified atom stereocenters. The highest BCUT2D eigenvalue weighted by molar-refractivity contribution is 6.14. The molecule has 3 heterocycles. The van der Waals surface area contributed by atoms with Crippen LogP contribution in [0.4, 0.5) is 15.8 Å². The Hall–Kier alpha value is -3.83. The van der Waals surface area contributed by atoms with E-state index >= 15 is 0 Å². The molecule has 11 heteroatoms. The topological polar surface area (TPSA) is 100 Å². The van der Waals surface area contributed by atoms with Crippen molar-refractivity contribution in [2.45, 2.75) is 32.4 Å². The Balaban J connectivity index is 1.49. The summed E-state index contributed by atoms with van der Waals surface area (Å²) in [6, 6.07) is 7.53. The number of amides is 1. The number of anilines is 2. The van der Waals surface area contributed by atoms with Crippen LogP contribution in [0.25, 0.3) is 21.8 Å². The summed E-state index contributed by atoms with van der Waals surface area (Å²) in [7, 11) is 5.74. The minimum absolute atomic E-state index is 0.220. The summed E-state index contributed by atoms with van der Waals surface area (Å²) >= 11 is 0. The van der Waals surface area contributed by atoms with Gasteiger partial charge in [-0.05, 0) is 58.6 Å². The van der Waals surface area contributed by atoms with E-state index in [2.05, 4.69) is 49.3 Å². The molecule has 10 nitrogen and oxygen atoms in total. The van der Waals surface area contributed by atoms with E-state index in [9.17, 15) is 9.18 Å². The lowest BCUT2D eigenvalue weighted by atomic mass is 10.0. The second kappa shape index (κ2) is 11.1. The van der Waals surface area contributed by atoms with Gasteiger partial charge < -0.3 is 25.2 Å². The minimum atomic E-state index is -0.499. The highest BCUT2D eigenvalue weighted by Crippen LogP contribution is 2.31. The molecular weight excluding hydrogens is 499 g/mol. The standard InChI is InChI=1S/C28H35FN8O2/c1-17-14-37(15-18(2)31-17)24-8-7-21(26-22(24)13-30-28(33-26)39-10-6-9-35(3)4)27(38)32-20-11-19-16-36(5)34-25(19)23(29)12-20/h7-8,11-13,16-18,31H,6,9-10,14-15H2,1-5H3,(H,32,38)/t17-,18+. The number of nitrogens with zero attached hydrogens (tertiary/aromatic N) is 6. The predicted molar refractivity (Wildman–Crippen MR) is 151 cm³/mol. The van der Waals surface area contributed by atoms with Crippen molar-refractivity contribution in [3.8, 4) is 6.01 Å². The summed E-state index contributed by atoms with van der Waals surface area (Å²) in [5, 5.41) is 11.9. The van der Waals surface area contributed by atoms with Crippen LogP contribution < -0.4 is 20.3 Å². The van der Waals surface area contributed by atoms with Gasteiger partial charge in [-0.1, -0.05) is 0 Å². The van der Waals surface area contributed by atoms with Crippen molar-refractivity contribution in [1.82, 2.24) is 30.0 Å². The van der Waals surface area contributed by atoms with E-state index in [0.717, 1.165) is 37.1 Å². The smallest absolute Gasteiger partial charge is 0.316 e. The largest absolute Gasteiger partial charge is 0.463 e. The van der Waals surface area contributed by atoms with Gasteiger partial charge in [0.2, 0.25) is 0 Å². The molecule has 0 bridgehead atoms. The highest BCUT2D eigenvalue weighted by Gasteiger charge is 2.25. The van der Waals surface area contributed by atoms with Crippen molar-refractivity contribution in [1.29, 1.82) is 0 Å². The van der Waals surface area contributed by atoms with Crippen molar-refractivity contribution < 1.29 is 13.9 Å². The molecule has 206 valence electrons. The quantitative estimate of drug-likeness (QED) is 0.332. The van der Waals surface area contributed by atoms with E-state index in [-0.39, 0.29) is 11.5 Å². The van der Waals surface area contributed by atoms with Crippen LogP contribution in [0.1, 0.15) is 30.6 Å². The van der Waals surface area contributed by atoms with Crippen LogP contribution in [0.3, 0.4) is 0 Å². The molecule has 5 rings (SSSR count). The molecular formula is C28H35FN8O2. The minimum Gasteiger partial charge on any atom is -0.463 e. The number of ether oxygens (including phenoxy) is 1. The van der Waals surface area contributed by atoms with Gasteiger partial charge in [-0.2, -0.15) is 10.1 Å². The molecule has 0 spiro atoms. The number of nitrogens with one attached hydrogen (secondary N) is 2. The molecule has 1 saturated heterocycles. The molecule has 1 amide bonds. The van der Waals surface area contributed by atoms with Crippen LogP contribution in [0, 0.1) is 5.82 Å². The maximum Gasteiger partial charge on any atom is 0.316 e. The molecule has 4 aromatic rings. The Morgan fingerprint density at radius 3 is 2.72 bits per heavy atom. The zero-order chi connectivity index (χ0) is 27.7. The first-order valence-corrected chi connectivity index (χ1v) is 13.2. The van der Waals surface area contributed by atoms with Gasteiger partial charge in [-0.15, -0.1) is 0 Å². The summed E-state index contributed by atoms with van der Waals surface area (Å²) < 4.78 is 22.0. The predicted octanol–water partition coefficient (Wildman–Crippen LogP) is 3.43. The molecule has 39 heavy (non-hydrogen) atoms. The van der Waals surface area contributed by atoms with E-state index in [1.807, 2.05) is 20.2 Å². The van der Waals surface area contributed by atoms with Crippen LogP contribution in [0.15, 0.2) is 36.7 Å². The Bertz CT molecular complexity index is 1490. The fourth-order valence-corrected chi connectivity index (χ4v) is 5.17. The van der Waals surface area contributed by atoms with Gasteiger partial charge in [-0.3, -0.25) is 9.48 Å². The normalized spacial score (nSPS) is 17.8. The Morgan fingerprint density at radius 2 is 1.97 bits per heavy atom. The lowest BCUT2D eigenvalue weighted by Gasteiger charge is -2.38. The first-order valence-electron chi connectivity index (χ1n) is 13.2. The summed E-state index contributed by atoms with van der Waals surface area (Å²) in [4.78, 5) is 27.1. The number of hydrogen-bond acceptors (Lipinski definition) is 8. The van der Waals surface area contributed by atoms with Gasteiger partial charge in [0.1, 0.15) is 5.52 Å². The van der Waals surface area contributed by atoms with Gasteiger partial charge in [0.25, 0.3) is 5.91 Å². The lowest BCUT2D eigenvalue weighted by molar-refractivity contribution is 0.102. The fourth-order valence-electron chi connectivity index (χ4n) is 5.17. The molecule has 1 aliphatic rings.